The Labute approximate surface area is 61.8 Å². The van der Waals surface area contributed by atoms with Crippen LogP contribution in [0.15, 0.2) is 0 Å². The fourth-order valence-electron chi connectivity index (χ4n) is 0.953. The van der Waals surface area contributed by atoms with Gasteiger partial charge in [-0.2, -0.15) is 0 Å². The molecule has 3 heteroatoms. The van der Waals surface area contributed by atoms with Gasteiger partial charge in [-0.05, 0) is 19.8 Å². The monoisotopic (exact) mass is 151 g/mol. The molecule has 0 radical (unpaired) electrons. The molecule has 2 nitrogen and oxygen atoms in total. The van der Waals surface area contributed by atoms with Crippen LogP contribution >= 0.6 is 12.4 Å². The van der Waals surface area contributed by atoms with Crippen LogP contribution < -0.4 is 5.73 Å². The highest BCUT2D eigenvalue weighted by molar-refractivity contribution is 5.85. The highest BCUT2D eigenvalue weighted by atomic mass is 35.5. The van der Waals surface area contributed by atoms with Crippen LogP contribution in [-0.4, -0.2) is 17.8 Å². The van der Waals surface area contributed by atoms with Crippen LogP contribution in [0.5, 0.6) is 0 Å². The Balaban J connectivity index is 0.000000640. The van der Waals surface area contributed by atoms with Gasteiger partial charge in [-0.25, -0.2) is 0 Å². The van der Waals surface area contributed by atoms with Crippen molar-refractivity contribution < 1.29 is 5.11 Å². The van der Waals surface area contributed by atoms with Crippen molar-refractivity contribution in [2.45, 2.75) is 25.9 Å². The largest absolute Gasteiger partial charge is 0.393 e. The number of aliphatic hydroxyl groups is 1. The van der Waals surface area contributed by atoms with E-state index in [1.54, 1.807) is 0 Å². The zero-order valence-electron chi connectivity index (χ0n) is 5.63. The number of hydrogen-bond donors (Lipinski definition) is 2. The summed E-state index contributed by atoms with van der Waals surface area (Å²) in [7, 11) is 0. The second-order valence-corrected chi connectivity index (χ2v) is 2.74. The molecule has 0 bridgehead atoms. The Kier molecular flexibility index (Phi) is 2.93. The van der Waals surface area contributed by atoms with E-state index in [4.69, 9.17) is 10.8 Å². The first-order valence-electron chi connectivity index (χ1n) is 3.09. The maximum absolute atomic E-state index is 9.06. The highest BCUT2D eigenvalue weighted by Gasteiger charge is 2.45. The quantitative estimate of drug-likeness (QED) is 0.605. The molecule has 1 atom stereocenters. The first kappa shape index (κ1) is 9.21. The van der Waals surface area contributed by atoms with Gasteiger partial charge in [-0.15, -0.1) is 12.4 Å². The first-order valence-corrected chi connectivity index (χ1v) is 3.09. The summed E-state index contributed by atoms with van der Waals surface area (Å²) in [5.74, 6) is 0. The number of rotatable bonds is 2. The molecule has 56 valence electrons. The Hall–Kier alpha value is 0.210. The minimum absolute atomic E-state index is 0. The Morgan fingerprint density at radius 1 is 1.67 bits per heavy atom. The van der Waals surface area contributed by atoms with E-state index in [9.17, 15) is 0 Å². The lowest BCUT2D eigenvalue weighted by Crippen LogP contribution is -2.26. The standard InChI is InChI=1S/C6H13NO.ClH/c1-5(8)6(4-7)2-3-6;/h5,8H,2-4,7H2,1H3;1H. The van der Waals surface area contributed by atoms with Crippen molar-refractivity contribution in [3.63, 3.8) is 0 Å². The van der Waals surface area contributed by atoms with Crippen molar-refractivity contribution >= 4 is 12.4 Å². The topological polar surface area (TPSA) is 46.2 Å². The molecule has 3 N–H and O–H groups in total. The average molecular weight is 152 g/mol. The molecule has 0 aromatic carbocycles. The van der Waals surface area contributed by atoms with Crippen molar-refractivity contribution in [2.75, 3.05) is 6.54 Å². The fourth-order valence-corrected chi connectivity index (χ4v) is 0.953. The normalized spacial score (nSPS) is 24.3. The summed E-state index contributed by atoms with van der Waals surface area (Å²) in [5, 5.41) is 9.06. The van der Waals surface area contributed by atoms with E-state index in [0.29, 0.717) is 6.54 Å². The predicted octanol–water partition coefficient (Wildman–Crippen LogP) is 0.528. The van der Waals surface area contributed by atoms with E-state index in [1.807, 2.05) is 6.92 Å². The number of halogens is 1. The third kappa shape index (κ3) is 1.57. The van der Waals surface area contributed by atoms with E-state index in [1.165, 1.54) is 0 Å². The molecule has 0 aliphatic heterocycles. The van der Waals surface area contributed by atoms with E-state index in [-0.39, 0.29) is 23.9 Å². The van der Waals surface area contributed by atoms with Gasteiger partial charge in [0.1, 0.15) is 0 Å². The summed E-state index contributed by atoms with van der Waals surface area (Å²) < 4.78 is 0. The third-order valence-electron chi connectivity index (χ3n) is 2.18. The zero-order chi connectivity index (χ0) is 6.20. The molecule has 1 aliphatic rings. The lowest BCUT2D eigenvalue weighted by Gasteiger charge is -2.14. The molecule has 0 spiro atoms. The number of aliphatic hydroxyl groups excluding tert-OH is 1. The molecule has 1 unspecified atom stereocenters. The Bertz CT molecular complexity index is 91.1. The molecule has 0 aromatic heterocycles. The first-order chi connectivity index (χ1) is 3.71. The van der Waals surface area contributed by atoms with E-state index < -0.39 is 0 Å². The van der Waals surface area contributed by atoms with Crippen LogP contribution in [0.25, 0.3) is 0 Å². The van der Waals surface area contributed by atoms with Gasteiger partial charge in [0.25, 0.3) is 0 Å². The van der Waals surface area contributed by atoms with Gasteiger partial charge in [0.2, 0.25) is 0 Å². The van der Waals surface area contributed by atoms with E-state index >= 15 is 0 Å². The van der Waals surface area contributed by atoms with Crippen molar-refractivity contribution in [3.8, 4) is 0 Å². The van der Waals surface area contributed by atoms with Gasteiger partial charge in [0.05, 0.1) is 6.10 Å². The molecule has 0 amide bonds. The van der Waals surface area contributed by atoms with Gasteiger partial charge in [-0.1, -0.05) is 0 Å². The van der Waals surface area contributed by atoms with Crippen molar-refractivity contribution in [1.29, 1.82) is 0 Å². The summed E-state index contributed by atoms with van der Waals surface area (Å²) in [6.07, 6.45) is 2.02. The highest BCUT2D eigenvalue weighted by Crippen LogP contribution is 2.47. The SMILES string of the molecule is CC(O)C1(CN)CC1.Cl. The molecule has 0 aromatic rings. The average Bonchev–Trinajstić information content (AvgIpc) is 2.44. The minimum atomic E-state index is -0.201. The summed E-state index contributed by atoms with van der Waals surface area (Å²) in [4.78, 5) is 0. The van der Waals surface area contributed by atoms with E-state index in [2.05, 4.69) is 0 Å². The fraction of sp³-hybridized carbons (Fsp3) is 1.00. The van der Waals surface area contributed by atoms with Gasteiger partial charge in [0, 0.05) is 12.0 Å². The molecular weight excluding hydrogens is 138 g/mol. The van der Waals surface area contributed by atoms with Crippen LogP contribution in [0.2, 0.25) is 0 Å². The lowest BCUT2D eigenvalue weighted by atomic mass is 10.0. The molecule has 1 rings (SSSR count). The molecule has 0 heterocycles. The van der Waals surface area contributed by atoms with Crippen LogP contribution in [-0.2, 0) is 0 Å². The van der Waals surface area contributed by atoms with Gasteiger partial charge in [-0.3, -0.25) is 0 Å². The molecule has 0 saturated heterocycles. The summed E-state index contributed by atoms with van der Waals surface area (Å²) in [6.45, 7) is 2.46. The number of nitrogens with two attached hydrogens (primary N) is 1. The smallest absolute Gasteiger partial charge is 0.0580 e. The maximum atomic E-state index is 9.06. The Morgan fingerprint density at radius 3 is 2.11 bits per heavy atom. The zero-order valence-corrected chi connectivity index (χ0v) is 6.45. The summed E-state index contributed by atoms with van der Waals surface area (Å²) in [5.41, 5.74) is 5.53. The summed E-state index contributed by atoms with van der Waals surface area (Å²) >= 11 is 0. The summed E-state index contributed by atoms with van der Waals surface area (Å²) in [6, 6.07) is 0. The molecular formula is C6H14ClNO. The van der Waals surface area contributed by atoms with Crippen LogP contribution in [0.3, 0.4) is 0 Å². The molecule has 1 fully saturated rings. The van der Waals surface area contributed by atoms with E-state index in [0.717, 1.165) is 12.8 Å². The van der Waals surface area contributed by atoms with Gasteiger partial charge in [0.15, 0.2) is 0 Å². The van der Waals surface area contributed by atoms with Crippen LogP contribution in [0.4, 0.5) is 0 Å². The van der Waals surface area contributed by atoms with Gasteiger partial charge >= 0.3 is 0 Å². The third-order valence-corrected chi connectivity index (χ3v) is 2.18. The minimum Gasteiger partial charge on any atom is -0.393 e. The molecule has 9 heavy (non-hydrogen) atoms. The molecule has 1 aliphatic carbocycles. The number of hydrogen-bond acceptors (Lipinski definition) is 2. The van der Waals surface area contributed by atoms with Crippen LogP contribution in [0, 0.1) is 5.41 Å². The van der Waals surface area contributed by atoms with Crippen molar-refractivity contribution in [3.05, 3.63) is 0 Å². The van der Waals surface area contributed by atoms with Gasteiger partial charge < -0.3 is 10.8 Å². The van der Waals surface area contributed by atoms with Crippen LogP contribution in [0.1, 0.15) is 19.8 Å². The predicted molar refractivity (Wildman–Crippen MR) is 39.7 cm³/mol. The second kappa shape index (κ2) is 2.86. The lowest BCUT2D eigenvalue weighted by molar-refractivity contribution is 0.115. The van der Waals surface area contributed by atoms with Crippen molar-refractivity contribution in [1.82, 2.24) is 0 Å². The van der Waals surface area contributed by atoms with Crippen molar-refractivity contribution in [2.24, 2.45) is 11.1 Å². The Morgan fingerprint density at radius 2 is 2.11 bits per heavy atom. The maximum Gasteiger partial charge on any atom is 0.0580 e. The molecule has 1 saturated carbocycles. The second-order valence-electron chi connectivity index (χ2n) is 2.74.